The van der Waals surface area contributed by atoms with Gasteiger partial charge in [0.15, 0.2) is 0 Å². The third kappa shape index (κ3) is 3.55. The summed E-state index contributed by atoms with van der Waals surface area (Å²) < 4.78 is 2.03. The summed E-state index contributed by atoms with van der Waals surface area (Å²) in [4.78, 5) is 19.2. The SMILES string of the molecule is CCNCC1CCN(C(=O)Cn2c(C)nc3ccccc32)CC1. The maximum Gasteiger partial charge on any atom is 0.242 e. The molecule has 1 aromatic carbocycles. The van der Waals surface area contributed by atoms with Crippen LogP contribution in [0.4, 0.5) is 0 Å². The van der Waals surface area contributed by atoms with Crippen molar-refractivity contribution >= 4 is 16.9 Å². The molecule has 5 heteroatoms. The van der Waals surface area contributed by atoms with Crippen LogP contribution in [0.2, 0.25) is 0 Å². The first-order chi connectivity index (χ1) is 11.2. The van der Waals surface area contributed by atoms with Gasteiger partial charge in [-0.3, -0.25) is 4.79 Å². The van der Waals surface area contributed by atoms with Crippen LogP contribution in [0.1, 0.15) is 25.6 Å². The summed E-state index contributed by atoms with van der Waals surface area (Å²) in [5.74, 6) is 1.81. The van der Waals surface area contributed by atoms with Crippen LogP contribution >= 0.6 is 0 Å². The van der Waals surface area contributed by atoms with Crippen LogP contribution < -0.4 is 5.32 Å². The van der Waals surface area contributed by atoms with Gasteiger partial charge in [0.2, 0.25) is 5.91 Å². The number of aromatic nitrogens is 2. The lowest BCUT2D eigenvalue weighted by Gasteiger charge is -2.32. The van der Waals surface area contributed by atoms with Crippen molar-refractivity contribution in [3.8, 4) is 0 Å². The molecule has 1 aromatic heterocycles. The molecular formula is C18H26N4O. The largest absolute Gasteiger partial charge is 0.341 e. The Kier molecular flexibility index (Phi) is 4.96. The van der Waals surface area contributed by atoms with Crippen molar-refractivity contribution in [1.29, 1.82) is 0 Å². The predicted octanol–water partition coefficient (Wildman–Crippen LogP) is 2.19. The number of likely N-dealkylation sites (tertiary alicyclic amines) is 1. The zero-order valence-electron chi connectivity index (χ0n) is 14.1. The van der Waals surface area contributed by atoms with Crippen molar-refractivity contribution in [3.05, 3.63) is 30.1 Å². The first-order valence-corrected chi connectivity index (χ1v) is 8.59. The number of imidazole rings is 1. The Morgan fingerprint density at radius 2 is 2.04 bits per heavy atom. The van der Waals surface area contributed by atoms with E-state index in [1.807, 2.05) is 40.7 Å². The first kappa shape index (κ1) is 16.0. The molecule has 124 valence electrons. The molecule has 1 N–H and O–H groups in total. The van der Waals surface area contributed by atoms with Gasteiger partial charge in [0.1, 0.15) is 12.4 Å². The summed E-state index contributed by atoms with van der Waals surface area (Å²) in [5, 5.41) is 3.41. The number of carbonyl (C=O) groups is 1. The average molecular weight is 314 g/mol. The maximum atomic E-state index is 12.6. The molecule has 0 saturated carbocycles. The zero-order valence-corrected chi connectivity index (χ0v) is 14.1. The highest BCUT2D eigenvalue weighted by Gasteiger charge is 2.23. The van der Waals surface area contributed by atoms with E-state index in [1.54, 1.807) is 0 Å². The normalized spacial score (nSPS) is 16.2. The number of benzene rings is 1. The molecule has 1 saturated heterocycles. The molecule has 0 atom stereocenters. The highest BCUT2D eigenvalue weighted by atomic mass is 16.2. The lowest BCUT2D eigenvalue weighted by molar-refractivity contribution is -0.133. The Morgan fingerprint density at radius 1 is 1.30 bits per heavy atom. The number of nitrogens with zero attached hydrogens (tertiary/aromatic N) is 3. The fourth-order valence-electron chi connectivity index (χ4n) is 3.37. The Labute approximate surface area is 137 Å². The van der Waals surface area contributed by atoms with Gasteiger partial charge >= 0.3 is 0 Å². The molecule has 0 bridgehead atoms. The Hall–Kier alpha value is -1.88. The molecule has 2 heterocycles. The highest BCUT2D eigenvalue weighted by molar-refractivity contribution is 5.81. The number of para-hydroxylation sites is 2. The molecule has 1 aliphatic heterocycles. The second-order valence-electron chi connectivity index (χ2n) is 6.37. The molecule has 2 aromatic rings. The molecule has 1 amide bonds. The summed E-state index contributed by atoms with van der Waals surface area (Å²) in [6.45, 7) is 8.34. The number of carbonyl (C=O) groups excluding carboxylic acids is 1. The van der Waals surface area contributed by atoms with Gasteiger partial charge < -0.3 is 14.8 Å². The van der Waals surface area contributed by atoms with Gasteiger partial charge in [-0.1, -0.05) is 19.1 Å². The van der Waals surface area contributed by atoms with Gasteiger partial charge in [0.25, 0.3) is 0 Å². The van der Waals surface area contributed by atoms with Gasteiger partial charge in [-0.15, -0.1) is 0 Å². The minimum absolute atomic E-state index is 0.207. The Balaban J connectivity index is 1.62. The minimum Gasteiger partial charge on any atom is -0.341 e. The number of aryl methyl sites for hydroxylation is 1. The van der Waals surface area contributed by atoms with Gasteiger partial charge in [0.05, 0.1) is 11.0 Å². The zero-order chi connectivity index (χ0) is 16.2. The number of hydrogen-bond donors (Lipinski definition) is 1. The number of piperidine rings is 1. The summed E-state index contributed by atoms with van der Waals surface area (Å²) in [6, 6.07) is 8.01. The molecule has 5 nitrogen and oxygen atoms in total. The third-order valence-electron chi connectivity index (χ3n) is 4.79. The van der Waals surface area contributed by atoms with E-state index in [4.69, 9.17) is 0 Å². The van der Waals surface area contributed by atoms with Crippen molar-refractivity contribution in [2.24, 2.45) is 5.92 Å². The van der Waals surface area contributed by atoms with E-state index in [0.717, 1.165) is 55.9 Å². The standard InChI is InChI=1S/C18H26N4O/c1-3-19-12-15-8-10-21(11-9-15)18(23)13-22-14(2)20-16-6-4-5-7-17(16)22/h4-7,15,19H,3,8-13H2,1-2H3. The average Bonchev–Trinajstić information content (AvgIpc) is 2.89. The van der Waals surface area contributed by atoms with Crippen LogP contribution in [0.5, 0.6) is 0 Å². The molecule has 0 aliphatic carbocycles. The fraction of sp³-hybridized carbons (Fsp3) is 0.556. The molecule has 0 unspecified atom stereocenters. The predicted molar refractivity (Wildman–Crippen MR) is 92.3 cm³/mol. The topological polar surface area (TPSA) is 50.2 Å². The Morgan fingerprint density at radius 3 is 2.78 bits per heavy atom. The van der Waals surface area contributed by atoms with E-state index in [9.17, 15) is 4.79 Å². The lowest BCUT2D eigenvalue weighted by atomic mass is 9.97. The van der Waals surface area contributed by atoms with Crippen molar-refractivity contribution in [2.45, 2.75) is 33.2 Å². The number of nitrogens with one attached hydrogen (secondary N) is 1. The van der Waals surface area contributed by atoms with Crippen molar-refractivity contribution in [2.75, 3.05) is 26.2 Å². The quantitative estimate of drug-likeness (QED) is 0.920. The van der Waals surface area contributed by atoms with E-state index < -0.39 is 0 Å². The molecular weight excluding hydrogens is 288 g/mol. The van der Waals surface area contributed by atoms with Crippen molar-refractivity contribution in [3.63, 3.8) is 0 Å². The van der Waals surface area contributed by atoms with Gasteiger partial charge in [-0.2, -0.15) is 0 Å². The van der Waals surface area contributed by atoms with Crippen LogP contribution in [-0.4, -0.2) is 46.5 Å². The lowest BCUT2D eigenvalue weighted by Crippen LogP contribution is -2.42. The second-order valence-corrected chi connectivity index (χ2v) is 6.37. The van der Waals surface area contributed by atoms with Crippen LogP contribution in [-0.2, 0) is 11.3 Å². The van der Waals surface area contributed by atoms with E-state index in [2.05, 4.69) is 17.2 Å². The maximum absolute atomic E-state index is 12.6. The highest BCUT2D eigenvalue weighted by Crippen LogP contribution is 2.19. The molecule has 1 aliphatic rings. The second kappa shape index (κ2) is 7.13. The molecule has 3 rings (SSSR count). The smallest absolute Gasteiger partial charge is 0.242 e. The first-order valence-electron chi connectivity index (χ1n) is 8.59. The van der Waals surface area contributed by atoms with E-state index in [-0.39, 0.29) is 5.91 Å². The van der Waals surface area contributed by atoms with Crippen LogP contribution in [0.25, 0.3) is 11.0 Å². The molecule has 0 spiro atoms. The summed E-state index contributed by atoms with van der Waals surface area (Å²) in [6.07, 6.45) is 2.20. The molecule has 0 radical (unpaired) electrons. The summed E-state index contributed by atoms with van der Waals surface area (Å²) in [5.41, 5.74) is 2.00. The van der Waals surface area contributed by atoms with Gasteiger partial charge in [0, 0.05) is 13.1 Å². The van der Waals surface area contributed by atoms with E-state index >= 15 is 0 Å². The number of fused-ring (bicyclic) bond motifs is 1. The minimum atomic E-state index is 0.207. The van der Waals surface area contributed by atoms with Crippen LogP contribution in [0.15, 0.2) is 24.3 Å². The van der Waals surface area contributed by atoms with E-state index in [0.29, 0.717) is 12.5 Å². The number of amides is 1. The van der Waals surface area contributed by atoms with Crippen LogP contribution in [0, 0.1) is 12.8 Å². The number of rotatable bonds is 5. The summed E-state index contributed by atoms with van der Waals surface area (Å²) in [7, 11) is 0. The molecule has 1 fully saturated rings. The number of hydrogen-bond acceptors (Lipinski definition) is 3. The molecule has 23 heavy (non-hydrogen) atoms. The van der Waals surface area contributed by atoms with Crippen molar-refractivity contribution < 1.29 is 4.79 Å². The Bertz CT molecular complexity index is 671. The van der Waals surface area contributed by atoms with Crippen LogP contribution in [0.3, 0.4) is 0 Å². The summed E-state index contributed by atoms with van der Waals surface area (Å²) >= 11 is 0. The van der Waals surface area contributed by atoms with Crippen molar-refractivity contribution in [1.82, 2.24) is 19.8 Å². The third-order valence-corrected chi connectivity index (χ3v) is 4.79. The monoisotopic (exact) mass is 314 g/mol. The van der Waals surface area contributed by atoms with Gasteiger partial charge in [-0.25, -0.2) is 4.98 Å². The fourth-order valence-corrected chi connectivity index (χ4v) is 3.37. The van der Waals surface area contributed by atoms with E-state index in [1.165, 1.54) is 0 Å². The van der Waals surface area contributed by atoms with Gasteiger partial charge in [-0.05, 0) is 50.9 Å².